The van der Waals surface area contributed by atoms with E-state index in [2.05, 4.69) is 30.9 Å². The Bertz CT molecular complexity index is 408. The van der Waals surface area contributed by atoms with Crippen molar-refractivity contribution in [1.82, 2.24) is 14.8 Å². The summed E-state index contributed by atoms with van der Waals surface area (Å²) in [5.74, 6) is 2.82. The van der Waals surface area contributed by atoms with Gasteiger partial charge in [0.25, 0.3) is 0 Å². The molecule has 21 heavy (non-hydrogen) atoms. The van der Waals surface area contributed by atoms with Crippen molar-refractivity contribution in [3.63, 3.8) is 0 Å². The van der Waals surface area contributed by atoms with E-state index in [1.54, 1.807) is 6.33 Å². The molecule has 2 rings (SSSR count). The zero-order valence-corrected chi connectivity index (χ0v) is 13.8. The molecule has 0 aliphatic heterocycles. The van der Waals surface area contributed by atoms with Gasteiger partial charge >= 0.3 is 0 Å². The Kier molecular flexibility index (Phi) is 6.22. The monoisotopic (exact) mass is 293 g/mol. The predicted molar refractivity (Wildman–Crippen MR) is 84.9 cm³/mol. The maximum atomic E-state index is 10.5. The second-order valence-corrected chi connectivity index (χ2v) is 7.09. The molecule has 1 heterocycles. The SMILES string of the molecule is CCCC1CCC(C(O)Cc2ncnn2CC(C)C)CC1. The molecule has 1 atom stereocenters. The first-order chi connectivity index (χ1) is 10.1. The summed E-state index contributed by atoms with van der Waals surface area (Å²) in [6.45, 7) is 7.50. The van der Waals surface area contributed by atoms with E-state index < -0.39 is 0 Å². The average molecular weight is 293 g/mol. The van der Waals surface area contributed by atoms with Gasteiger partial charge in [0.1, 0.15) is 12.2 Å². The molecule has 1 N–H and O–H groups in total. The fourth-order valence-corrected chi connectivity index (χ4v) is 3.57. The Hall–Kier alpha value is -0.900. The number of aliphatic hydroxyl groups is 1. The maximum absolute atomic E-state index is 10.5. The molecule has 0 amide bonds. The van der Waals surface area contributed by atoms with Gasteiger partial charge in [-0.3, -0.25) is 0 Å². The molecule has 120 valence electrons. The van der Waals surface area contributed by atoms with Gasteiger partial charge in [-0.1, -0.05) is 46.5 Å². The Morgan fingerprint density at radius 1 is 1.29 bits per heavy atom. The third kappa shape index (κ3) is 4.80. The number of nitrogens with zero attached hydrogens (tertiary/aromatic N) is 3. The summed E-state index contributed by atoms with van der Waals surface area (Å²) in [7, 11) is 0. The standard InChI is InChI=1S/C17H31N3O/c1-4-5-14-6-8-15(9-7-14)16(21)10-17-18-12-19-20(17)11-13(2)3/h12-16,21H,4-11H2,1-3H3. The molecular weight excluding hydrogens is 262 g/mol. The molecule has 4 heteroatoms. The van der Waals surface area contributed by atoms with E-state index in [-0.39, 0.29) is 6.10 Å². The molecule has 0 spiro atoms. The van der Waals surface area contributed by atoms with E-state index in [1.807, 2.05) is 4.68 Å². The normalized spacial score (nSPS) is 24.4. The Labute approximate surface area is 129 Å². The molecule has 0 aromatic carbocycles. The topological polar surface area (TPSA) is 50.9 Å². The maximum Gasteiger partial charge on any atom is 0.138 e. The van der Waals surface area contributed by atoms with Gasteiger partial charge in [-0.2, -0.15) is 5.10 Å². The Morgan fingerprint density at radius 2 is 2.00 bits per heavy atom. The van der Waals surface area contributed by atoms with Gasteiger partial charge in [-0.15, -0.1) is 0 Å². The highest BCUT2D eigenvalue weighted by atomic mass is 16.3. The Morgan fingerprint density at radius 3 is 2.62 bits per heavy atom. The van der Waals surface area contributed by atoms with Crippen molar-refractivity contribution in [2.45, 2.75) is 78.4 Å². The summed E-state index contributed by atoms with van der Waals surface area (Å²) < 4.78 is 1.95. The molecule has 4 nitrogen and oxygen atoms in total. The van der Waals surface area contributed by atoms with Crippen LogP contribution < -0.4 is 0 Å². The molecule has 1 aromatic heterocycles. The lowest BCUT2D eigenvalue weighted by Crippen LogP contribution is -2.29. The minimum Gasteiger partial charge on any atom is -0.392 e. The Balaban J connectivity index is 1.85. The van der Waals surface area contributed by atoms with Gasteiger partial charge in [0.05, 0.1) is 6.10 Å². The number of hydrogen-bond acceptors (Lipinski definition) is 3. The molecule has 0 radical (unpaired) electrons. The quantitative estimate of drug-likeness (QED) is 0.837. The van der Waals surface area contributed by atoms with Gasteiger partial charge in [-0.05, 0) is 30.6 Å². The summed E-state index contributed by atoms with van der Waals surface area (Å²) in [4.78, 5) is 4.34. The van der Waals surface area contributed by atoms with E-state index in [9.17, 15) is 5.11 Å². The van der Waals surface area contributed by atoms with Crippen molar-refractivity contribution in [2.24, 2.45) is 17.8 Å². The zero-order valence-electron chi connectivity index (χ0n) is 13.8. The minimum atomic E-state index is -0.261. The van der Waals surface area contributed by atoms with Crippen LogP contribution in [0.25, 0.3) is 0 Å². The van der Waals surface area contributed by atoms with Crippen LogP contribution in [0.4, 0.5) is 0 Å². The molecule has 1 aromatic rings. The molecule has 0 bridgehead atoms. The molecule has 1 aliphatic rings. The lowest BCUT2D eigenvalue weighted by Gasteiger charge is -2.31. The van der Waals surface area contributed by atoms with Crippen LogP contribution in [0.2, 0.25) is 0 Å². The van der Waals surface area contributed by atoms with Crippen LogP contribution in [0, 0.1) is 17.8 Å². The van der Waals surface area contributed by atoms with Crippen LogP contribution in [0.15, 0.2) is 6.33 Å². The van der Waals surface area contributed by atoms with Crippen LogP contribution >= 0.6 is 0 Å². The molecular formula is C17H31N3O. The molecule has 1 saturated carbocycles. The van der Waals surface area contributed by atoms with Gasteiger partial charge in [-0.25, -0.2) is 9.67 Å². The van der Waals surface area contributed by atoms with Crippen molar-refractivity contribution in [2.75, 3.05) is 0 Å². The van der Waals surface area contributed by atoms with Crippen molar-refractivity contribution in [1.29, 1.82) is 0 Å². The predicted octanol–water partition coefficient (Wildman–Crippen LogP) is 3.44. The summed E-state index contributed by atoms with van der Waals surface area (Å²) in [5.41, 5.74) is 0. The van der Waals surface area contributed by atoms with Crippen molar-refractivity contribution < 1.29 is 5.11 Å². The van der Waals surface area contributed by atoms with Crippen LogP contribution in [-0.2, 0) is 13.0 Å². The lowest BCUT2D eigenvalue weighted by atomic mass is 9.77. The second-order valence-electron chi connectivity index (χ2n) is 7.09. The molecule has 1 fully saturated rings. The largest absolute Gasteiger partial charge is 0.392 e. The highest BCUT2D eigenvalue weighted by Crippen LogP contribution is 2.33. The van der Waals surface area contributed by atoms with Gasteiger partial charge in [0.2, 0.25) is 0 Å². The average Bonchev–Trinajstić information content (AvgIpc) is 2.86. The van der Waals surface area contributed by atoms with E-state index in [0.717, 1.165) is 18.3 Å². The summed E-state index contributed by atoms with van der Waals surface area (Å²) >= 11 is 0. The van der Waals surface area contributed by atoms with Crippen LogP contribution in [-0.4, -0.2) is 26.0 Å². The smallest absolute Gasteiger partial charge is 0.138 e. The van der Waals surface area contributed by atoms with Gasteiger partial charge in [0, 0.05) is 13.0 Å². The highest BCUT2D eigenvalue weighted by Gasteiger charge is 2.27. The molecule has 1 aliphatic carbocycles. The fourth-order valence-electron chi connectivity index (χ4n) is 3.57. The fraction of sp³-hybridized carbons (Fsp3) is 0.882. The second kappa shape index (κ2) is 7.92. The summed E-state index contributed by atoms with van der Waals surface area (Å²) in [5, 5.41) is 14.8. The lowest BCUT2D eigenvalue weighted by molar-refractivity contribution is 0.0702. The summed E-state index contributed by atoms with van der Waals surface area (Å²) in [6.07, 6.45) is 9.56. The molecule has 0 saturated heterocycles. The van der Waals surface area contributed by atoms with E-state index in [1.165, 1.54) is 38.5 Å². The van der Waals surface area contributed by atoms with Crippen molar-refractivity contribution in [3.05, 3.63) is 12.2 Å². The first-order valence-corrected chi connectivity index (χ1v) is 8.64. The van der Waals surface area contributed by atoms with Gasteiger partial charge in [0.15, 0.2) is 0 Å². The van der Waals surface area contributed by atoms with Crippen LogP contribution in [0.3, 0.4) is 0 Å². The van der Waals surface area contributed by atoms with Crippen molar-refractivity contribution >= 4 is 0 Å². The van der Waals surface area contributed by atoms with E-state index in [0.29, 0.717) is 18.3 Å². The number of aromatic nitrogens is 3. The zero-order chi connectivity index (χ0) is 15.2. The third-order valence-corrected chi connectivity index (χ3v) is 4.76. The summed E-state index contributed by atoms with van der Waals surface area (Å²) in [6, 6.07) is 0. The first kappa shape index (κ1) is 16.5. The first-order valence-electron chi connectivity index (χ1n) is 8.64. The van der Waals surface area contributed by atoms with E-state index >= 15 is 0 Å². The third-order valence-electron chi connectivity index (χ3n) is 4.76. The molecule has 1 unspecified atom stereocenters. The van der Waals surface area contributed by atoms with E-state index in [4.69, 9.17) is 0 Å². The minimum absolute atomic E-state index is 0.261. The highest BCUT2D eigenvalue weighted by molar-refractivity contribution is 4.90. The number of hydrogen-bond donors (Lipinski definition) is 1. The number of rotatable bonds is 7. The van der Waals surface area contributed by atoms with Crippen LogP contribution in [0.5, 0.6) is 0 Å². The van der Waals surface area contributed by atoms with Crippen molar-refractivity contribution in [3.8, 4) is 0 Å². The number of aliphatic hydroxyl groups excluding tert-OH is 1. The van der Waals surface area contributed by atoms with Gasteiger partial charge < -0.3 is 5.11 Å². The van der Waals surface area contributed by atoms with Crippen LogP contribution in [0.1, 0.15) is 65.1 Å².